The monoisotopic (exact) mass is 449 g/mol. The number of rotatable bonds is 5. The summed E-state index contributed by atoms with van der Waals surface area (Å²) in [6.45, 7) is 4.04. The van der Waals surface area contributed by atoms with E-state index in [4.69, 9.17) is 9.72 Å². The minimum absolute atomic E-state index is 0.00363. The summed E-state index contributed by atoms with van der Waals surface area (Å²) >= 11 is 0. The highest BCUT2D eigenvalue weighted by Gasteiger charge is 2.25. The zero-order chi connectivity index (χ0) is 23.5. The predicted octanol–water partition coefficient (Wildman–Crippen LogP) is 5.90. The van der Waals surface area contributed by atoms with E-state index in [2.05, 4.69) is 0 Å². The number of aliphatic hydroxyl groups is 1. The lowest BCUT2D eigenvalue weighted by Gasteiger charge is -2.24. The SMILES string of the molecule is CC(C)c1nc(-c2ccc(F)cc2)cc(-c2ccc(F)cc2)c1C=C[C@@H]1C[C@@H](O)CC(=O)O1. The zero-order valence-electron chi connectivity index (χ0n) is 18.5. The van der Waals surface area contributed by atoms with Gasteiger partial charge in [-0.3, -0.25) is 9.78 Å². The third-order valence-corrected chi connectivity index (χ3v) is 5.60. The van der Waals surface area contributed by atoms with Gasteiger partial charge in [0.15, 0.2) is 0 Å². The lowest BCUT2D eigenvalue weighted by Crippen LogP contribution is -2.31. The van der Waals surface area contributed by atoms with Gasteiger partial charge in [0.2, 0.25) is 0 Å². The summed E-state index contributed by atoms with van der Waals surface area (Å²) in [6, 6.07) is 14.2. The summed E-state index contributed by atoms with van der Waals surface area (Å²) in [5.74, 6) is -1.05. The van der Waals surface area contributed by atoms with Crippen LogP contribution in [0.1, 0.15) is 43.9 Å². The Morgan fingerprint density at radius 1 is 1.03 bits per heavy atom. The molecule has 0 radical (unpaired) electrons. The van der Waals surface area contributed by atoms with Crippen LogP contribution in [-0.4, -0.2) is 28.3 Å². The van der Waals surface area contributed by atoms with Crippen molar-refractivity contribution in [3.63, 3.8) is 0 Å². The highest BCUT2D eigenvalue weighted by atomic mass is 19.1. The fraction of sp³-hybridized carbons (Fsp3) is 0.259. The smallest absolute Gasteiger partial charge is 0.309 e. The average Bonchev–Trinajstić information content (AvgIpc) is 2.77. The van der Waals surface area contributed by atoms with Crippen LogP contribution in [0.3, 0.4) is 0 Å². The van der Waals surface area contributed by atoms with Crippen molar-refractivity contribution in [2.75, 3.05) is 0 Å². The van der Waals surface area contributed by atoms with E-state index in [9.17, 15) is 18.7 Å². The zero-order valence-corrected chi connectivity index (χ0v) is 18.5. The topological polar surface area (TPSA) is 59.4 Å². The van der Waals surface area contributed by atoms with Gasteiger partial charge >= 0.3 is 5.97 Å². The quantitative estimate of drug-likeness (QED) is 0.493. The third-order valence-electron chi connectivity index (χ3n) is 5.60. The summed E-state index contributed by atoms with van der Waals surface area (Å²) in [5.41, 5.74) is 4.68. The molecule has 170 valence electrons. The summed E-state index contributed by atoms with van der Waals surface area (Å²) < 4.78 is 32.4. The molecule has 0 unspecified atom stereocenters. The molecule has 1 fully saturated rings. The van der Waals surface area contributed by atoms with Crippen molar-refractivity contribution in [3.8, 4) is 22.4 Å². The Kier molecular flexibility index (Phi) is 6.65. The molecule has 1 aliphatic rings. The summed E-state index contributed by atoms with van der Waals surface area (Å²) in [7, 11) is 0. The molecule has 1 aromatic heterocycles. The molecular formula is C27H25F2NO3. The van der Waals surface area contributed by atoms with Gasteiger partial charge in [0.25, 0.3) is 0 Å². The molecule has 3 aromatic rings. The van der Waals surface area contributed by atoms with E-state index in [0.29, 0.717) is 12.1 Å². The molecule has 2 heterocycles. The van der Waals surface area contributed by atoms with Crippen molar-refractivity contribution in [2.45, 2.75) is 44.8 Å². The van der Waals surface area contributed by atoms with Crippen molar-refractivity contribution in [1.29, 1.82) is 0 Å². The second kappa shape index (κ2) is 9.63. The molecule has 4 rings (SSSR count). The number of ether oxygens (including phenoxy) is 1. The Labute approximate surface area is 191 Å². The molecular weight excluding hydrogens is 424 g/mol. The number of benzene rings is 2. The first-order valence-electron chi connectivity index (χ1n) is 10.9. The number of hydrogen-bond donors (Lipinski definition) is 1. The van der Waals surface area contributed by atoms with E-state index in [0.717, 1.165) is 27.9 Å². The van der Waals surface area contributed by atoms with Crippen LogP contribution in [0.5, 0.6) is 0 Å². The van der Waals surface area contributed by atoms with Gasteiger partial charge in [-0.05, 0) is 65.6 Å². The van der Waals surface area contributed by atoms with E-state index in [1.165, 1.54) is 24.3 Å². The van der Waals surface area contributed by atoms with Crippen molar-refractivity contribution >= 4 is 12.0 Å². The standard InChI is InChI=1S/C27H25F2NO3/c1-16(2)27-23(12-11-22-13-21(31)14-26(32)33-22)24(17-3-7-19(28)8-4-17)15-25(30-27)18-5-9-20(29)10-6-18/h3-12,15-16,21-22,31H,13-14H2,1-2H3/t21-,22-/m1/s1. The Hall–Kier alpha value is -3.38. The van der Waals surface area contributed by atoms with E-state index in [1.54, 1.807) is 30.3 Å². The first-order valence-corrected chi connectivity index (χ1v) is 10.9. The van der Waals surface area contributed by atoms with Gasteiger partial charge in [0, 0.05) is 17.5 Å². The Morgan fingerprint density at radius 2 is 1.64 bits per heavy atom. The maximum absolute atomic E-state index is 13.6. The molecule has 0 aliphatic carbocycles. The maximum Gasteiger partial charge on any atom is 0.309 e. The minimum Gasteiger partial charge on any atom is -0.458 e. The molecule has 0 spiro atoms. The largest absolute Gasteiger partial charge is 0.458 e. The first-order chi connectivity index (χ1) is 15.8. The fourth-order valence-electron chi connectivity index (χ4n) is 3.96. The number of aromatic nitrogens is 1. The number of aliphatic hydroxyl groups excluding tert-OH is 1. The number of esters is 1. The number of carbonyl (C=O) groups is 1. The number of carbonyl (C=O) groups excluding carboxylic acids is 1. The molecule has 0 amide bonds. The predicted molar refractivity (Wildman–Crippen MR) is 123 cm³/mol. The van der Waals surface area contributed by atoms with Gasteiger partial charge in [-0.1, -0.05) is 32.1 Å². The highest BCUT2D eigenvalue weighted by Crippen LogP contribution is 2.35. The molecule has 1 saturated heterocycles. The van der Waals surface area contributed by atoms with Gasteiger partial charge in [0.1, 0.15) is 17.7 Å². The summed E-state index contributed by atoms with van der Waals surface area (Å²) in [6.07, 6.45) is 2.65. The third kappa shape index (κ3) is 5.34. The van der Waals surface area contributed by atoms with Gasteiger partial charge < -0.3 is 9.84 Å². The van der Waals surface area contributed by atoms with E-state index >= 15 is 0 Å². The van der Waals surface area contributed by atoms with E-state index < -0.39 is 18.2 Å². The van der Waals surface area contributed by atoms with Crippen LogP contribution in [0.15, 0.2) is 60.7 Å². The van der Waals surface area contributed by atoms with Crippen LogP contribution in [0.4, 0.5) is 8.78 Å². The van der Waals surface area contributed by atoms with Crippen LogP contribution >= 0.6 is 0 Å². The number of nitrogens with zero attached hydrogens (tertiary/aromatic N) is 1. The summed E-state index contributed by atoms with van der Waals surface area (Å²) in [4.78, 5) is 16.6. The Bertz CT molecular complexity index is 1170. The number of pyridine rings is 1. The number of hydrogen-bond acceptors (Lipinski definition) is 4. The molecule has 2 aromatic carbocycles. The van der Waals surface area contributed by atoms with Crippen LogP contribution in [-0.2, 0) is 9.53 Å². The molecule has 33 heavy (non-hydrogen) atoms. The van der Waals surface area contributed by atoms with Crippen molar-refractivity contribution in [2.24, 2.45) is 0 Å². The number of cyclic esters (lactones) is 1. The Balaban J connectivity index is 1.85. The van der Waals surface area contributed by atoms with Gasteiger partial charge in [-0.2, -0.15) is 0 Å². The average molecular weight is 449 g/mol. The van der Waals surface area contributed by atoms with E-state index in [-0.39, 0.29) is 24.0 Å². The Morgan fingerprint density at radius 3 is 2.21 bits per heavy atom. The van der Waals surface area contributed by atoms with Crippen LogP contribution < -0.4 is 0 Å². The number of halogens is 2. The van der Waals surface area contributed by atoms with Crippen LogP contribution in [0.2, 0.25) is 0 Å². The highest BCUT2D eigenvalue weighted by molar-refractivity contribution is 5.81. The molecule has 6 heteroatoms. The van der Waals surface area contributed by atoms with Crippen LogP contribution in [0.25, 0.3) is 28.5 Å². The van der Waals surface area contributed by atoms with E-state index in [1.807, 2.05) is 26.0 Å². The lowest BCUT2D eigenvalue weighted by atomic mass is 9.91. The lowest BCUT2D eigenvalue weighted by molar-refractivity contribution is -0.156. The molecule has 0 bridgehead atoms. The summed E-state index contributed by atoms with van der Waals surface area (Å²) in [5, 5.41) is 9.92. The first kappa shape index (κ1) is 22.8. The maximum atomic E-state index is 13.6. The van der Waals surface area contributed by atoms with Crippen LogP contribution in [0, 0.1) is 11.6 Å². The van der Waals surface area contributed by atoms with Crippen molar-refractivity contribution in [3.05, 3.63) is 83.6 Å². The van der Waals surface area contributed by atoms with Gasteiger partial charge in [-0.25, -0.2) is 8.78 Å². The second-order valence-electron chi connectivity index (χ2n) is 8.50. The van der Waals surface area contributed by atoms with Gasteiger partial charge in [-0.15, -0.1) is 0 Å². The molecule has 4 nitrogen and oxygen atoms in total. The van der Waals surface area contributed by atoms with Crippen molar-refractivity contribution < 1.29 is 23.4 Å². The molecule has 1 aliphatic heterocycles. The molecule has 2 atom stereocenters. The molecule has 0 saturated carbocycles. The van der Waals surface area contributed by atoms with Gasteiger partial charge in [0.05, 0.1) is 23.9 Å². The molecule has 1 N–H and O–H groups in total. The normalized spacial score (nSPS) is 18.7. The van der Waals surface area contributed by atoms with Crippen molar-refractivity contribution in [1.82, 2.24) is 4.98 Å². The fourth-order valence-corrected chi connectivity index (χ4v) is 3.96. The second-order valence-corrected chi connectivity index (χ2v) is 8.50. The minimum atomic E-state index is -0.735.